The average molecular weight is 562 g/mol. The van der Waals surface area contributed by atoms with Crippen LogP contribution in [0.25, 0.3) is 0 Å². The monoisotopic (exact) mass is 562 g/mol. The summed E-state index contributed by atoms with van der Waals surface area (Å²) in [6.45, 7) is 6.47. The third-order valence-electron chi connectivity index (χ3n) is 5.77. The van der Waals surface area contributed by atoms with E-state index in [1.165, 1.54) is 6.07 Å². The van der Waals surface area contributed by atoms with E-state index in [-0.39, 0.29) is 60.6 Å². The van der Waals surface area contributed by atoms with Gasteiger partial charge in [0.05, 0.1) is 6.61 Å². The maximum Gasteiger partial charge on any atom is 0.410 e. The van der Waals surface area contributed by atoms with Gasteiger partial charge in [0.1, 0.15) is 11.4 Å². The summed E-state index contributed by atoms with van der Waals surface area (Å²) in [6.07, 6.45) is 3.54. The molecule has 180 valence electrons. The molecule has 1 amide bonds. The Morgan fingerprint density at radius 1 is 1.25 bits per heavy atom. The first-order chi connectivity index (χ1) is 14.7. The highest BCUT2D eigenvalue weighted by atomic mass is 127. The lowest BCUT2D eigenvalue weighted by atomic mass is 9.98. The van der Waals surface area contributed by atoms with Crippen LogP contribution in [0.1, 0.15) is 57.6 Å². The number of piperidine rings is 1. The molecule has 2 N–H and O–H groups in total. The van der Waals surface area contributed by atoms with Gasteiger partial charge in [0.25, 0.3) is 0 Å². The number of carbonyl (C=O) groups excluding carboxylic acids is 1. The standard InChI is InChI=1S/C23H35FN4O3.HI/c1-23(2,3)31-22(29)28-18-7-8-19(28)12-17(11-18)27-21(25-4)26-13-15-6-9-20(24)16(10-15)14-30-5;/h6,9-10,17-19H,7-8,11-14H2,1-5H3,(H2,25,26,27);1H. The Bertz CT molecular complexity index is 801. The van der Waals surface area contributed by atoms with E-state index in [4.69, 9.17) is 9.47 Å². The summed E-state index contributed by atoms with van der Waals surface area (Å²) in [6, 6.07) is 5.65. The Morgan fingerprint density at radius 2 is 1.91 bits per heavy atom. The zero-order chi connectivity index (χ0) is 22.6. The van der Waals surface area contributed by atoms with Crippen molar-refractivity contribution < 1.29 is 18.7 Å². The van der Waals surface area contributed by atoms with Gasteiger partial charge >= 0.3 is 6.09 Å². The molecular formula is C23H36FIN4O3. The summed E-state index contributed by atoms with van der Waals surface area (Å²) >= 11 is 0. The van der Waals surface area contributed by atoms with Crippen LogP contribution in [0.2, 0.25) is 0 Å². The summed E-state index contributed by atoms with van der Waals surface area (Å²) in [5, 5.41) is 6.80. The Kier molecular flexibility index (Phi) is 9.56. The predicted molar refractivity (Wildman–Crippen MR) is 134 cm³/mol. The van der Waals surface area contributed by atoms with Crippen LogP contribution in [0.5, 0.6) is 0 Å². The number of guanidine groups is 1. The number of nitrogens with zero attached hydrogens (tertiary/aromatic N) is 2. The SMILES string of the molecule is CN=C(NCc1ccc(F)c(COC)c1)NC1CC2CCC(C1)N2C(=O)OC(C)(C)C.I. The fraction of sp³-hybridized carbons (Fsp3) is 0.652. The predicted octanol–water partition coefficient (Wildman–Crippen LogP) is 4.19. The summed E-state index contributed by atoms with van der Waals surface area (Å²) in [7, 11) is 3.29. The minimum atomic E-state index is -0.485. The Labute approximate surface area is 207 Å². The molecule has 0 radical (unpaired) electrons. The number of ether oxygens (including phenoxy) is 2. The van der Waals surface area contributed by atoms with Gasteiger partial charge in [0.15, 0.2) is 5.96 Å². The highest BCUT2D eigenvalue weighted by Crippen LogP contribution is 2.36. The molecule has 3 rings (SSSR count). The molecule has 0 spiro atoms. The van der Waals surface area contributed by atoms with Crippen molar-refractivity contribution in [2.24, 2.45) is 4.99 Å². The molecule has 0 aliphatic carbocycles. The third kappa shape index (κ3) is 6.94. The molecule has 32 heavy (non-hydrogen) atoms. The number of hydrogen-bond acceptors (Lipinski definition) is 4. The molecule has 2 bridgehead atoms. The molecule has 2 fully saturated rings. The number of carbonyl (C=O) groups is 1. The van der Waals surface area contributed by atoms with E-state index in [1.54, 1.807) is 26.3 Å². The maximum absolute atomic E-state index is 13.8. The van der Waals surface area contributed by atoms with E-state index in [2.05, 4.69) is 15.6 Å². The molecule has 9 heteroatoms. The summed E-state index contributed by atoms with van der Waals surface area (Å²) < 4.78 is 24.5. The lowest BCUT2D eigenvalue weighted by molar-refractivity contribution is 0.00545. The van der Waals surface area contributed by atoms with Crippen LogP contribution in [-0.4, -0.2) is 54.8 Å². The second-order valence-corrected chi connectivity index (χ2v) is 9.37. The van der Waals surface area contributed by atoms with Gasteiger partial charge in [-0.25, -0.2) is 9.18 Å². The van der Waals surface area contributed by atoms with Crippen molar-refractivity contribution in [3.8, 4) is 0 Å². The lowest BCUT2D eigenvalue weighted by Gasteiger charge is -2.40. The van der Waals surface area contributed by atoms with Crippen molar-refractivity contribution in [3.63, 3.8) is 0 Å². The zero-order valence-electron chi connectivity index (χ0n) is 19.6. The summed E-state index contributed by atoms with van der Waals surface area (Å²) in [5.74, 6) is 0.438. The van der Waals surface area contributed by atoms with Crippen LogP contribution < -0.4 is 10.6 Å². The quantitative estimate of drug-likeness (QED) is 0.320. The van der Waals surface area contributed by atoms with Gasteiger partial charge in [0.2, 0.25) is 0 Å². The number of methoxy groups -OCH3 is 1. The number of rotatable bonds is 5. The Hall–Kier alpha value is -1.62. The average Bonchev–Trinajstić information content (AvgIpc) is 2.97. The molecule has 2 unspecified atom stereocenters. The van der Waals surface area contributed by atoms with Crippen LogP contribution in [0.3, 0.4) is 0 Å². The molecule has 2 aliphatic heterocycles. The van der Waals surface area contributed by atoms with Crippen LogP contribution >= 0.6 is 24.0 Å². The van der Waals surface area contributed by atoms with Gasteiger partial charge in [-0.2, -0.15) is 0 Å². The first kappa shape index (κ1) is 26.6. The van der Waals surface area contributed by atoms with E-state index in [0.717, 1.165) is 31.2 Å². The first-order valence-corrected chi connectivity index (χ1v) is 10.9. The van der Waals surface area contributed by atoms with Gasteiger partial charge in [-0.05, 0) is 64.2 Å². The zero-order valence-corrected chi connectivity index (χ0v) is 21.9. The lowest BCUT2D eigenvalue weighted by Crippen LogP contribution is -2.54. The topological polar surface area (TPSA) is 75.2 Å². The molecular weight excluding hydrogens is 526 g/mol. The summed E-state index contributed by atoms with van der Waals surface area (Å²) in [5.41, 5.74) is 1.01. The first-order valence-electron chi connectivity index (χ1n) is 10.9. The van der Waals surface area contributed by atoms with E-state index in [0.29, 0.717) is 18.1 Å². The second-order valence-electron chi connectivity index (χ2n) is 9.37. The summed E-state index contributed by atoms with van der Waals surface area (Å²) in [4.78, 5) is 18.9. The van der Waals surface area contributed by atoms with Gasteiger partial charge < -0.3 is 25.0 Å². The van der Waals surface area contributed by atoms with Crippen LogP contribution in [0.15, 0.2) is 23.2 Å². The fourth-order valence-electron chi connectivity index (χ4n) is 4.49. The highest BCUT2D eigenvalue weighted by Gasteiger charge is 2.45. The van der Waals surface area contributed by atoms with Crippen molar-refractivity contribution in [2.45, 2.75) is 83.3 Å². The molecule has 2 aliphatic rings. The van der Waals surface area contributed by atoms with Crippen LogP contribution in [0.4, 0.5) is 9.18 Å². The van der Waals surface area contributed by atoms with Crippen molar-refractivity contribution in [3.05, 3.63) is 35.1 Å². The molecule has 0 saturated carbocycles. The molecule has 2 saturated heterocycles. The van der Waals surface area contributed by atoms with E-state index in [9.17, 15) is 9.18 Å². The second kappa shape index (κ2) is 11.5. The Balaban J connectivity index is 0.00000363. The van der Waals surface area contributed by atoms with Gasteiger partial charge in [-0.1, -0.05) is 6.07 Å². The van der Waals surface area contributed by atoms with Crippen LogP contribution in [0, 0.1) is 5.82 Å². The largest absolute Gasteiger partial charge is 0.444 e. The molecule has 1 aromatic rings. The van der Waals surface area contributed by atoms with Gasteiger partial charge in [-0.3, -0.25) is 4.99 Å². The number of halogens is 2. The van der Waals surface area contributed by atoms with Gasteiger partial charge in [0, 0.05) is 44.4 Å². The number of benzene rings is 1. The number of aliphatic imine (C=N–C) groups is 1. The molecule has 0 aromatic heterocycles. The third-order valence-corrected chi connectivity index (χ3v) is 5.77. The molecule has 2 heterocycles. The number of amides is 1. The van der Waals surface area contributed by atoms with Crippen molar-refractivity contribution in [2.75, 3.05) is 14.2 Å². The minimum Gasteiger partial charge on any atom is -0.444 e. The van der Waals surface area contributed by atoms with E-state index >= 15 is 0 Å². The van der Waals surface area contributed by atoms with E-state index in [1.807, 2.05) is 25.7 Å². The Morgan fingerprint density at radius 3 is 2.47 bits per heavy atom. The minimum absolute atomic E-state index is 0. The van der Waals surface area contributed by atoms with Gasteiger partial charge in [-0.15, -0.1) is 24.0 Å². The maximum atomic E-state index is 13.8. The number of hydrogen-bond donors (Lipinski definition) is 2. The number of fused-ring (bicyclic) bond motifs is 2. The number of nitrogens with one attached hydrogen (secondary N) is 2. The highest BCUT2D eigenvalue weighted by molar-refractivity contribution is 14.0. The molecule has 7 nitrogen and oxygen atoms in total. The smallest absolute Gasteiger partial charge is 0.410 e. The molecule has 2 atom stereocenters. The van der Waals surface area contributed by atoms with Crippen molar-refractivity contribution >= 4 is 36.0 Å². The van der Waals surface area contributed by atoms with Crippen molar-refractivity contribution in [1.82, 2.24) is 15.5 Å². The van der Waals surface area contributed by atoms with E-state index < -0.39 is 5.60 Å². The molecule has 1 aromatic carbocycles. The normalized spacial score (nSPS) is 22.9. The van der Waals surface area contributed by atoms with Crippen LogP contribution in [-0.2, 0) is 22.6 Å². The fourth-order valence-corrected chi connectivity index (χ4v) is 4.49. The van der Waals surface area contributed by atoms with Crippen molar-refractivity contribution in [1.29, 1.82) is 0 Å².